The van der Waals surface area contributed by atoms with Gasteiger partial charge in [-0.25, -0.2) is 0 Å². The molecule has 0 saturated heterocycles. The van der Waals surface area contributed by atoms with Crippen molar-refractivity contribution < 1.29 is 0 Å². The van der Waals surface area contributed by atoms with Crippen molar-refractivity contribution in [2.24, 2.45) is 0 Å². The van der Waals surface area contributed by atoms with Crippen molar-refractivity contribution in [3.8, 4) is 26.6 Å². The lowest BCUT2D eigenvalue weighted by Crippen LogP contribution is -1.95. The van der Waals surface area contributed by atoms with Gasteiger partial charge in [-0.05, 0) is 110 Å². The molecular weight excluding hydrogens is 590 g/mol. The lowest BCUT2D eigenvalue weighted by atomic mass is 10.0. The van der Waals surface area contributed by atoms with E-state index in [4.69, 9.17) is 0 Å². The highest BCUT2D eigenvalue weighted by Gasteiger charge is 2.15. The molecule has 0 aliphatic heterocycles. The molecule has 0 spiro atoms. The average Bonchev–Trinajstić information content (AvgIpc) is 3.69. The van der Waals surface area contributed by atoms with Crippen molar-refractivity contribution in [3.63, 3.8) is 0 Å². The first-order chi connectivity index (χ1) is 19.6. The molecule has 1 nitrogen and oxygen atoms in total. The largest absolute Gasteiger partial charge is 0.309 e. The highest BCUT2D eigenvalue weighted by molar-refractivity contribution is 9.09. The summed E-state index contributed by atoms with van der Waals surface area (Å²) >= 11 is 7.27. The van der Waals surface area contributed by atoms with Gasteiger partial charge in [0.1, 0.15) is 0 Å². The molecule has 0 aliphatic rings. The van der Waals surface area contributed by atoms with Crippen LogP contribution in [0.1, 0.15) is 53.8 Å². The molecule has 6 rings (SSSR count). The highest BCUT2D eigenvalue weighted by atomic mass is 79.9. The Hall–Kier alpha value is -2.66. The third kappa shape index (κ3) is 5.86. The van der Waals surface area contributed by atoms with Crippen LogP contribution in [0.3, 0.4) is 0 Å². The summed E-state index contributed by atoms with van der Waals surface area (Å²) in [6, 6.07) is 32.3. The van der Waals surface area contributed by atoms with Crippen LogP contribution < -0.4 is 0 Å². The maximum atomic E-state index is 3.54. The topological polar surface area (TPSA) is 4.93 Å². The first-order valence-corrected chi connectivity index (χ1v) is 17.2. The van der Waals surface area contributed by atoms with E-state index in [-0.39, 0.29) is 0 Å². The molecular formula is C36H36BrNS2. The van der Waals surface area contributed by atoms with Crippen LogP contribution in [0.5, 0.6) is 0 Å². The number of fused-ring (bicyclic) bond motifs is 3. The molecule has 4 heteroatoms. The Kier molecular flexibility index (Phi) is 8.57. The number of aromatic nitrogens is 1. The first kappa shape index (κ1) is 27.5. The number of thiophene rings is 2. The Morgan fingerprint density at radius 2 is 1.10 bits per heavy atom. The minimum atomic E-state index is 1.14. The quantitative estimate of drug-likeness (QED) is 0.0996. The number of halogens is 1. The van der Waals surface area contributed by atoms with Crippen molar-refractivity contribution in [1.29, 1.82) is 0 Å². The van der Waals surface area contributed by atoms with Gasteiger partial charge in [0.15, 0.2) is 0 Å². The lowest BCUT2D eigenvalue weighted by Gasteiger charge is -2.10. The van der Waals surface area contributed by atoms with Gasteiger partial charge >= 0.3 is 0 Å². The van der Waals surface area contributed by atoms with E-state index in [1.807, 2.05) is 22.7 Å². The Labute approximate surface area is 254 Å². The van der Waals surface area contributed by atoms with Crippen LogP contribution in [0, 0.1) is 13.8 Å². The van der Waals surface area contributed by atoms with Gasteiger partial charge in [-0.2, -0.15) is 0 Å². The summed E-state index contributed by atoms with van der Waals surface area (Å²) < 4.78 is 2.45. The number of hydrogen-bond acceptors (Lipinski definition) is 2. The van der Waals surface area contributed by atoms with E-state index < -0.39 is 0 Å². The Morgan fingerprint density at radius 1 is 0.575 bits per heavy atom. The number of nitrogens with zero attached hydrogens (tertiary/aromatic N) is 1. The van der Waals surface area contributed by atoms with Gasteiger partial charge in [0.05, 0.1) is 11.0 Å². The van der Waals surface area contributed by atoms with Gasteiger partial charge in [0.25, 0.3) is 0 Å². The Balaban J connectivity index is 1.35. The molecule has 204 valence electrons. The molecule has 3 aromatic heterocycles. The molecule has 0 saturated carbocycles. The first-order valence-electron chi connectivity index (χ1n) is 14.5. The summed E-state index contributed by atoms with van der Waals surface area (Å²) in [5, 5.41) is 3.77. The Bertz CT molecular complexity index is 1640. The molecule has 0 unspecified atom stereocenters. The van der Waals surface area contributed by atoms with Gasteiger partial charge in [0, 0.05) is 41.3 Å². The average molecular weight is 627 g/mol. The number of benzene rings is 3. The lowest BCUT2D eigenvalue weighted by molar-refractivity contribution is 0.610. The van der Waals surface area contributed by atoms with E-state index in [1.165, 1.54) is 109 Å². The van der Waals surface area contributed by atoms with Crippen LogP contribution in [-0.2, 0) is 6.42 Å². The van der Waals surface area contributed by atoms with Crippen LogP contribution in [0.4, 0.5) is 0 Å². The second-order valence-corrected chi connectivity index (χ2v) is 14.2. The summed E-state index contributed by atoms with van der Waals surface area (Å²) in [6.45, 7) is 4.37. The van der Waals surface area contributed by atoms with Gasteiger partial charge in [0.2, 0.25) is 0 Å². The van der Waals surface area contributed by atoms with Crippen LogP contribution in [-0.4, -0.2) is 9.90 Å². The third-order valence-corrected chi connectivity index (χ3v) is 10.5. The maximum absolute atomic E-state index is 3.54. The van der Waals surface area contributed by atoms with Gasteiger partial charge in [-0.15, -0.1) is 22.7 Å². The van der Waals surface area contributed by atoms with Gasteiger partial charge < -0.3 is 4.57 Å². The van der Waals surface area contributed by atoms with Crippen molar-refractivity contribution >= 4 is 60.4 Å². The second kappa shape index (κ2) is 12.5. The van der Waals surface area contributed by atoms with Crippen LogP contribution >= 0.6 is 38.6 Å². The summed E-state index contributed by atoms with van der Waals surface area (Å²) in [7, 11) is 0. The zero-order chi connectivity index (χ0) is 27.5. The third-order valence-electron chi connectivity index (χ3n) is 7.86. The monoisotopic (exact) mass is 625 g/mol. The number of alkyl halides is 1. The smallest absolute Gasteiger partial charge is 0.0541 e. The SMILES string of the molecule is Cc1ccc(-c2ccc3c(c2)c2cc(-c4ccc(C)s4)ccc2n3-c2ccc(CCCCCCCCBr)cc2)s1. The summed E-state index contributed by atoms with van der Waals surface area (Å²) in [5.74, 6) is 0. The predicted octanol–water partition coefficient (Wildman–Crippen LogP) is 12.1. The van der Waals surface area contributed by atoms with E-state index in [2.05, 4.69) is 119 Å². The van der Waals surface area contributed by atoms with E-state index in [0.29, 0.717) is 0 Å². The zero-order valence-corrected chi connectivity index (χ0v) is 26.6. The predicted molar refractivity (Wildman–Crippen MR) is 182 cm³/mol. The minimum absolute atomic E-state index is 1.14. The number of hydrogen-bond donors (Lipinski definition) is 0. The Morgan fingerprint density at radius 3 is 1.60 bits per heavy atom. The van der Waals surface area contributed by atoms with Gasteiger partial charge in [-0.3, -0.25) is 0 Å². The van der Waals surface area contributed by atoms with Gasteiger partial charge in [-0.1, -0.05) is 65.9 Å². The number of aryl methyl sites for hydroxylation is 3. The molecule has 6 aromatic rings. The molecule has 3 heterocycles. The van der Waals surface area contributed by atoms with Crippen molar-refractivity contribution in [3.05, 3.63) is 100 Å². The molecule has 3 aromatic carbocycles. The molecule has 0 fully saturated rings. The van der Waals surface area contributed by atoms with E-state index in [1.54, 1.807) is 0 Å². The van der Waals surface area contributed by atoms with E-state index >= 15 is 0 Å². The molecule has 40 heavy (non-hydrogen) atoms. The van der Waals surface area contributed by atoms with Crippen molar-refractivity contribution in [2.75, 3.05) is 5.33 Å². The number of unbranched alkanes of at least 4 members (excludes halogenated alkanes) is 5. The molecule has 0 bridgehead atoms. The maximum Gasteiger partial charge on any atom is 0.0541 e. The molecule has 0 N–H and O–H groups in total. The van der Waals surface area contributed by atoms with Crippen LogP contribution in [0.25, 0.3) is 48.4 Å². The highest BCUT2D eigenvalue weighted by Crippen LogP contribution is 2.39. The fraction of sp³-hybridized carbons (Fsp3) is 0.278. The fourth-order valence-electron chi connectivity index (χ4n) is 5.73. The zero-order valence-electron chi connectivity index (χ0n) is 23.4. The van der Waals surface area contributed by atoms with Crippen LogP contribution in [0.15, 0.2) is 84.9 Å². The molecule has 0 atom stereocenters. The molecule has 0 radical (unpaired) electrons. The standard InChI is InChI=1S/C36H36BrNS2/c1-25-10-20-35(39-25)28-14-18-33-31(23-28)32-24-29(36-21-11-26(2)40-36)15-19-34(32)38(33)30-16-12-27(13-17-30)9-7-5-3-4-6-8-22-37/h10-21,23-24H,3-9,22H2,1-2H3. The second-order valence-electron chi connectivity index (χ2n) is 10.8. The molecule has 0 aliphatic carbocycles. The normalized spacial score (nSPS) is 11.7. The molecule has 0 amide bonds. The van der Waals surface area contributed by atoms with Crippen LogP contribution in [0.2, 0.25) is 0 Å². The van der Waals surface area contributed by atoms with Crippen molar-refractivity contribution in [2.45, 2.75) is 58.8 Å². The summed E-state index contributed by atoms with van der Waals surface area (Å²) in [5.41, 5.74) is 7.80. The van der Waals surface area contributed by atoms with Crippen molar-refractivity contribution in [1.82, 2.24) is 4.57 Å². The number of rotatable bonds is 11. The van der Waals surface area contributed by atoms with E-state index in [9.17, 15) is 0 Å². The summed E-state index contributed by atoms with van der Waals surface area (Å²) in [6.07, 6.45) is 9.13. The fourth-order valence-corrected chi connectivity index (χ4v) is 7.85. The summed E-state index contributed by atoms with van der Waals surface area (Å²) in [4.78, 5) is 5.36. The minimum Gasteiger partial charge on any atom is -0.309 e. The van der Waals surface area contributed by atoms with E-state index in [0.717, 1.165) is 5.33 Å².